The third kappa shape index (κ3) is 4.92. The molecule has 1 aliphatic rings. The summed E-state index contributed by atoms with van der Waals surface area (Å²) in [5, 5.41) is 15.2. The third-order valence-electron chi connectivity index (χ3n) is 4.04. The molecule has 0 aliphatic carbocycles. The lowest BCUT2D eigenvalue weighted by atomic mass is 10.1. The van der Waals surface area contributed by atoms with E-state index in [4.69, 9.17) is 21.1 Å². The predicted octanol–water partition coefficient (Wildman–Crippen LogP) is 2.05. The van der Waals surface area contributed by atoms with E-state index >= 15 is 0 Å². The number of benzene rings is 2. The van der Waals surface area contributed by atoms with Gasteiger partial charge in [-0.05, 0) is 64.1 Å². The van der Waals surface area contributed by atoms with Crippen LogP contribution in [0.25, 0.3) is 6.08 Å². The van der Waals surface area contributed by atoms with Gasteiger partial charge < -0.3 is 8.92 Å². The largest absolute Gasteiger partial charge is 0.493 e. The van der Waals surface area contributed by atoms with Crippen LogP contribution in [0.2, 0.25) is 0 Å². The minimum atomic E-state index is -4.37. The van der Waals surface area contributed by atoms with Crippen LogP contribution in [0, 0.1) is 10.1 Å². The Morgan fingerprint density at radius 3 is 2.25 bits per heavy atom. The molecule has 1 fully saturated rings. The van der Waals surface area contributed by atoms with Crippen molar-refractivity contribution >= 4 is 67.0 Å². The van der Waals surface area contributed by atoms with E-state index in [0.717, 1.165) is 24.3 Å². The van der Waals surface area contributed by atoms with Crippen LogP contribution in [-0.2, 0) is 19.7 Å². The average Bonchev–Trinajstić information content (AvgIpc) is 2.72. The summed E-state index contributed by atoms with van der Waals surface area (Å²) >= 11 is 7.93. The molecule has 0 saturated carbocycles. The van der Waals surface area contributed by atoms with Crippen LogP contribution in [0.5, 0.6) is 11.5 Å². The van der Waals surface area contributed by atoms with Crippen LogP contribution in [0.15, 0.2) is 51.3 Å². The molecule has 166 valence electrons. The monoisotopic (exact) mass is 541 g/mol. The second-order valence-corrected chi connectivity index (χ2v) is 8.93. The van der Waals surface area contributed by atoms with Gasteiger partial charge in [0.2, 0.25) is 0 Å². The Balaban J connectivity index is 1.96. The van der Waals surface area contributed by atoms with Gasteiger partial charge in [-0.1, -0.05) is 0 Å². The first-order valence-corrected chi connectivity index (χ1v) is 11.1. The number of methoxy groups -OCH3 is 1. The first-order valence-electron chi connectivity index (χ1n) is 8.46. The van der Waals surface area contributed by atoms with Crippen molar-refractivity contribution in [1.82, 2.24) is 10.6 Å². The Bertz CT molecular complexity index is 1270. The molecule has 1 heterocycles. The van der Waals surface area contributed by atoms with Crippen molar-refractivity contribution in [2.24, 2.45) is 0 Å². The van der Waals surface area contributed by atoms with Gasteiger partial charge in [-0.15, -0.1) is 0 Å². The summed E-state index contributed by atoms with van der Waals surface area (Å²) in [7, 11) is -3.10. The molecule has 0 bridgehead atoms. The number of nitrogens with one attached hydrogen (secondary N) is 2. The zero-order valence-electron chi connectivity index (χ0n) is 15.9. The molecule has 14 heteroatoms. The van der Waals surface area contributed by atoms with Gasteiger partial charge in [-0.3, -0.25) is 30.3 Å². The molecular formula is C18H12BrN3O8S2. The van der Waals surface area contributed by atoms with Crippen molar-refractivity contribution in [3.63, 3.8) is 0 Å². The van der Waals surface area contributed by atoms with Crippen molar-refractivity contribution in [1.29, 1.82) is 0 Å². The second-order valence-electron chi connectivity index (χ2n) is 6.12. The highest BCUT2D eigenvalue weighted by molar-refractivity contribution is 9.10. The lowest BCUT2D eigenvalue weighted by molar-refractivity contribution is -0.384. The first kappa shape index (κ1) is 23.3. The van der Waals surface area contributed by atoms with Crippen LogP contribution < -0.4 is 19.6 Å². The highest BCUT2D eigenvalue weighted by Gasteiger charge is 2.27. The number of rotatable bonds is 6. The van der Waals surface area contributed by atoms with Gasteiger partial charge in [0.05, 0.1) is 16.5 Å². The molecule has 0 atom stereocenters. The molecule has 11 nitrogen and oxygen atoms in total. The topological polar surface area (TPSA) is 154 Å². The Morgan fingerprint density at radius 2 is 1.72 bits per heavy atom. The van der Waals surface area contributed by atoms with Crippen molar-refractivity contribution in [3.05, 3.63) is 62.1 Å². The Hall–Kier alpha value is -3.36. The number of carbonyl (C=O) groups excluding carboxylic acids is 2. The van der Waals surface area contributed by atoms with Crippen molar-refractivity contribution in [2.45, 2.75) is 4.90 Å². The minimum absolute atomic E-state index is 0.0242. The SMILES string of the molecule is COc1cc(C=C2C(=O)NC(=S)NC2=O)cc(Br)c1OS(=O)(=O)c1ccc([N+](=O)[O-])cc1. The van der Waals surface area contributed by atoms with Gasteiger partial charge in [0.15, 0.2) is 16.6 Å². The molecule has 0 radical (unpaired) electrons. The summed E-state index contributed by atoms with van der Waals surface area (Å²) in [6, 6.07) is 6.90. The van der Waals surface area contributed by atoms with E-state index in [0.29, 0.717) is 5.56 Å². The van der Waals surface area contributed by atoms with E-state index in [1.54, 1.807) is 0 Å². The summed E-state index contributed by atoms with van der Waals surface area (Å²) in [6.45, 7) is 0. The number of carbonyl (C=O) groups is 2. The maximum atomic E-state index is 12.6. The highest BCUT2D eigenvalue weighted by atomic mass is 79.9. The van der Waals surface area contributed by atoms with E-state index < -0.39 is 26.9 Å². The van der Waals surface area contributed by atoms with E-state index in [2.05, 4.69) is 26.6 Å². The number of nitro groups is 1. The standard InChI is InChI=1S/C18H12BrN3O8S2/c1-29-14-8-9(6-12-16(23)20-18(31)21-17(12)24)7-13(19)15(14)30-32(27,28)11-4-2-10(3-5-11)22(25)26/h2-8H,1H3,(H2,20,21,23,24,31). The van der Waals surface area contributed by atoms with Gasteiger partial charge in [0, 0.05) is 12.1 Å². The fraction of sp³-hybridized carbons (Fsp3) is 0.0556. The van der Waals surface area contributed by atoms with E-state index in [-0.39, 0.29) is 37.2 Å². The normalized spacial score (nSPS) is 13.8. The average molecular weight is 542 g/mol. The predicted molar refractivity (Wildman–Crippen MR) is 118 cm³/mol. The van der Waals surface area contributed by atoms with E-state index in [1.807, 2.05) is 0 Å². The molecule has 0 spiro atoms. The smallest absolute Gasteiger partial charge is 0.339 e. The van der Waals surface area contributed by atoms with Gasteiger partial charge in [-0.25, -0.2) is 0 Å². The second kappa shape index (κ2) is 9.02. The number of ether oxygens (including phenoxy) is 1. The zero-order chi connectivity index (χ0) is 23.6. The maximum absolute atomic E-state index is 12.6. The quantitative estimate of drug-likeness (QED) is 0.139. The fourth-order valence-corrected chi connectivity index (χ4v) is 4.36. The summed E-state index contributed by atoms with van der Waals surface area (Å²) < 4.78 is 35.8. The molecule has 2 amide bonds. The van der Waals surface area contributed by atoms with Crippen LogP contribution >= 0.6 is 28.1 Å². The zero-order valence-corrected chi connectivity index (χ0v) is 19.2. The minimum Gasteiger partial charge on any atom is -0.493 e. The Kier molecular flexibility index (Phi) is 6.57. The number of nitrogens with zero attached hydrogens (tertiary/aromatic N) is 1. The molecule has 0 aromatic heterocycles. The number of amides is 2. The van der Waals surface area contributed by atoms with Crippen molar-refractivity contribution < 1.29 is 31.9 Å². The highest BCUT2D eigenvalue weighted by Crippen LogP contribution is 2.39. The van der Waals surface area contributed by atoms with E-state index in [9.17, 15) is 28.1 Å². The molecule has 2 N–H and O–H groups in total. The molecule has 3 rings (SSSR count). The Labute approximate surface area is 194 Å². The lowest BCUT2D eigenvalue weighted by Crippen LogP contribution is -2.51. The van der Waals surface area contributed by atoms with E-state index in [1.165, 1.54) is 25.3 Å². The summed E-state index contributed by atoms with van der Waals surface area (Å²) in [6.07, 6.45) is 1.26. The van der Waals surface area contributed by atoms with Gasteiger partial charge in [-0.2, -0.15) is 8.42 Å². The number of non-ortho nitro benzene ring substituents is 1. The molecular weight excluding hydrogens is 530 g/mol. The van der Waals surface area contributed by atoms with Crippen LogP contribution in [0.4, 0.5) is 5.69 Å². The molecule has 2 aromatic carbocycles. The number of hydrogen-bond donors (Lipinski definition) is 2. The molecule has 0 unspecified atom stereocenters. The molecule has 32 heavy (non-hydrogen) atoms. The third-order valence-corrected chi connectivity index (χ3v) is 6.06. The summed E-state index contributed by atoms with van der Waals surface area (Å²) in [5.41, 5.74) is -0.182. The Morgan fingerprint density at radius 1 is 1.12 bits per heavy atom. The number of hydrogen-bond acceptors (Lipinski definition) is 9. The fourth-order valence-electron chi connectivity index (χ4n) is 2.57. The van der Waals surface area contributed by atoms with Crippen LogP contribution in [0.1, 0.15) is 5.56 Å². The van der Waals surface area contributed by atoms with Crippen LogP contribution in [-0.4, -0.2) is 37.4 Å². The number of thiocarbonyl (C=S) groups is 1. The van der Waals surface area contributed by atoms with Crippen molar-refractivity contribution in [3.8, 4) is 11.5 Å². The van der Waals surface area contributed by atoms with Gasteiger partial charge in [0.1, 0.15) is 10.5 Å². The number of halogens is 1. The van der Waals surface area contributed by atoms with Crippen LogP contribution in [0.3, 0.4) is 0 Å². The summed E-state index contributed by atoms with van der Waals surface area (Å²) in [4.78, 5) is 33.8. The molecule has 1 aliphatic heterocycles. The number of nitro benzene ring substituents is 1. The van der Waals surface area contributed by atoms with Gasteiger partial charge >= 0.3 is 10.1 Å². The molecule has 1 saturated heterocycles. The maximum Gasteiger partial charge on any atom is 0.339 e. The summed E-state index contributed by atoms with van der Waals surface area (Å²) in [5.74, 6) is -1.62. The van der Waals surface area contributed by atoms with Gasteiger partial charge in [0.25, 0.3) is 17.5 Å². The lowest BCUT2D eigenvalue weighted by Gasteiger charge is -2.17. The first-order chi connectivity index (χ1) is 15.0. The van der Waals surface area contributed by atoms with Crippen molar-refractivity contribution in [2.75, 3.05) is 7.11 Å². The molecule has 2 aromatic rings.